The predicted octanol–water partition coefficient (Wildman–Crippen LogP) is 4.50. The van der Waals surface area contributed by atoms with Crippen molar-refractivity contribution < 1.29 is 14.4 Å². The molecule has 2 amide bonds. The molecule has 2 aromatic rings. The van der Waals surface area contributed by atoms with Crippen LogP contribution in [0.1, 0.15) is 31.4 Å². The van der Waals surface area contributed by atoms with E-state index in [1.54, 1.807) is 25.2 Å². The number of ketones is 1. The lowest BCUT2D eigenvalue weighted by Gasteiger charge is -2.36. The maximum atomic E-state index is 12.8. The highest BCUT2D eigenvalue weighted by molar-refractivity contribution is 6.36. The van der Waals surface area contributed by atoms with Crippen LogP contribution in [0.4, 0.5) is 5.69 Å². The third-order valence-electron chi connectivity index (χ3n) is 6.15. The van der Waals surface area contributed by atoms with Crippen LogP contribution in [0.15, 0.2) is 42.5 Å². The van der Waals surface area contributed by atoms with Gasteiger partial charge in [0.1, 0.15) is 0 Å². The second-order valence-corrected chi connectivity index (χ2v) is 10.3. The van der Waals surface area contributed by atoms with E-state index in [1.165, 1.54) is 4.90 Å². The summed E-state index contributed by atoms with van der Waals surface area (Å²) >= 11 is 12.4. The lowest BCUT2D eigenvalue weighted by atomic mass is 10.1. The molecule has 6 nitrogen and oxygen atoms in total. The number of piperazine rings is 1. The van der Waals surface area contributed by atoms with Crippen molar-refractivity contribution in [1.29, 1.82) is 0 Å². The highest BCUT2D eigenvalue weighted by Crippen LogP contribution is 2.25. The van der Waals surface area contributed by atoms with E-state index in [4.69, 9.17) is 23.2 Å². The largest absolute Gasteiger partial charge is 0.368 e. The number of carbonyl (C=O) groups excluding carboxylic acids is 3. The number of amides is 2. The highest BCUT2D eigenvalue weighted by Gasteiger charge is 2.23. The van der Waals surface area contributed by atoms with E-state index >= 15 is 0 Å². The average Bonchev–Trinajstić information content (AvgIpc) is 2.81. The summed E-state index contributed by atoms with van der Waals surface area (Å²) in [6, 6.07) is 13.2. The van der Waals surface area contributed by atoms with E-state index in [2.05, 4.69) is 4.90 Å². The lowest BCUT2D eigenvalue weighted by molar-refractivity contribution is -0.134. The van der Waals surface area contributed by atoms with Gasteiger partial charge in [-0.15, -0.1) is 0 Å². The number of benzene rings is 2. The molecule has 0 spiro atoms. The normalized spacial score (nSPS) is 13.8. The summed E-state index contributed by atoms with van der Waals surface area (Å²) in [6.45, 7) is 6.80. The summed E-state index contributed by atoms with van der Waals surface area (Å²) in [4.78, 5) is 42.9. The van der Waals surface area contributed by atoms with Crippen LogP contribution in [-0.2, 0) is 27.2 Å². The molecule has 35 heavy (non-hydrogen) atoms. The van der Waals surface area contributed by atoms with E-state index < -0.39 is 0 Å². The molecular weight excluding hydrogens is 485 g/mol. The summed E-state index contributed by atoms with van der Waals surface area (Å²) in [6.07, 6.45) is 0.942. The molecule has 1 fully saturated rings. The summed E-state index contributed by atoms with van der Waals surface area (Å²) in [5.41, 5.74) is 2.66. The first-order valence-corrected chi connectivity index (χ1v) is 12.7. The molecule has 0 bridgehead atoms. The minimum atomic E-state index is -0.00344. The topological polar surface area (TPSA) is 60.9 Å². The third kappa shape index (κ3) is 7.71. The SMILES string of the molecule is CC(C)CC(=O)N(C)CC(=O)Cc1ccc(N2CCN(C(=O)Cc3c(Cl)cccc3Cl)CC2)cc1. The molecule has 2 aromatic carbocycles. The van der Waals surface area contributed by atoms with Gasteiger partial charge in [0, 0.05) is 61.8 Å². The minimum absolute atomic E-state index is 0.00344. The van der Waals surface area contributed by atoms with Gasteiger partial charge >= 0.3 is 0 Å². The number of likely N-dealkylation sites (N-methyl/N-ethyl adjacent to an activating group) is 1. The van der Waals surface area contributed by atoms with Gasteiger partial charge in [-0.2, -0.15) is 0 Å². The Morgan fingerprint density at radius 1 is 0.914 bits per heavy atom. The average molecular weight is 518 g/mol. The molecule has 188 valence electrons. The molecule has 8 heteroatoms. The number of hydrogen-bond acceptors (Lipinski definition) is 4. The lowest BCUT2D eigenvalue weighted by Crippen LogP contribution is -2.49. The second kappa shape index (κ2) is 12.4. The number of hydrogen-bond donors (Lipinski definition) is 0. The Balaban J connectivity index is 1.48. The summed E-state index contributed by atoms with van der Waals surface area (Å²) in [7, 11) is 1.68. The second-order valence-electron chi connectivity index (χ2n) is 9.47. The van der Waals surface area contributed by atoms with Crippen LogP contribution in [0.2, 0.25) is 10.0 Å². The Bertz CT molecular complexity index is 1030. The van der Waals surface area contributed by atoms with Gasteiger partial charge in [-0.05, 0) is 41.3 Å². The fourth-order valence-electron chi connectivity index (χ4n) is 4.14. The Hall–Kier alpha value is -2.57. The van der Waals surface area contributed by atoms with Crippen molar-refractivity contribution in [2.24, 2.45) is 5.92 Å². The summed E-state index contributed by atoms with van der Waals surface area (Å²) in [5.74, 6) is 0.304. The standard InChI is InChI=1S/C27H33Cl2N3O3/c1-19(2)15-26(34)30(3)18-22(33)16-20-7-9-21(10-8-20)31-11-13-32(14-12-31)27(35)17-23-24(28)5-4-6-25(23)29/h4-10,19H,11-18H2,1-3H3. The molecule has 0 N–H and O–H groups in total. The first kappa shape index (κ1) is 27.0. The van der Waals surface area contributed by atoms with Gasteiger partial charge in [-0.1, -0.05) is 55.2 Å². The van der Waals surface area contributed by atoms with Crippen molar-refractivity contribution in [3.8, 4) is 0 Å². The first-order chi connectivity index (χ1) is 16.6. The van der Waals surface area contributed by atoms with Crippen molar-refractivity contribution in [3.63, 3.8) is 0 Å². The quantitative estimate of drug-likeness (QED) is 0.491. The highest BCUT2D eigenvalue weighted by atomic mass is 35.5. The van der Waals surface area contributed by atoms with Crippen LogP contribution in [0, 0.1) is 5.92 Å². The molecule has 1 saturated heterocycles. The Labute approximate surface area is 217 Å². The molecule has 0 aliphatic carbocycles. The van der Waals surface area contributed by atoms with Gasteiger partial charge < -0.3 is 14.7 Å². The van der Waals surface area contributed by atoms with E-state index in [0.717, 1.165) is 24.3 Å². The number of rotatable bonds is 9. The molecule has 0 saturated carbocycles. The van der Waals surface area contributed by atoms with E-state index in [0.29, 0.717) is 41.5 Å². The molecule has 0 atom stereocenters. The Kier molecular flexibility index (Phi) is 9.58. The van der Waals surface area contributed by atoms with Crippen LogP contribution >= 0.6 is 23.2 Å². The van der Waals surface area contributed by atoms with Crippen LogP contribution < -0.4 is 4.90 Å². The first-order valence-electron chi connectivity index (χ1n) is 11.9. The van der Waals surface area contributed by atoms with Crippen molar-refractivity contribution in [1.82, 2.24) is 9.80 Å². The molecule has 0 unspecified atom stereocenters. The predicted molar refractivity (Wildman–Crippen MR) is 141 cm³/mol. The monoisotopic (exact) mass is 517 g/mol. The van der Waals surface area contributed by atoms with Gasteiger partial charge in [0.15, 0.2) is 5.78 Å². The van der Waals surface area contributed by atoms with E-state index in [-0.39, 0.29) is 36.5 Å². The van der Waals surface area contributed by atoms with Crippen molar-refractivity contribution in [3.05, 3.63) is 63.6 Å². The van der Waals surface area contributed by atoms with Crippen LogP contribution in [0.3, 0.4) is 0 Å². The number of anilines is 1. The molecule has 0 radical (unpaired) electrons. The summed E-state index contributed by atoms with van der Waals surface area (Å²) < 4.78 is 0. The van der Waals surface area contributed by atoms with Crippen LogP contribution in [-0.4, -0.2) is 67.2 Å². The minimum Gasteiger partial charge on any atom is -0.368 e. The molecular formula is C27H33Cl2N3O3. The zero-order chi connectivity index (χ0) is 25.5. The molecule has 1 heterocycles. The van der Waals surface area contributed by atoms with Gasteiger partial charge in [0.2, 0.25) is 11.8 Å². The van der Waals surface area contributed by atoms with Gasteiger partial charge in [-0.25, -0.2) is 0 Å². The van der Waals surface area contributed by atoms with Gasteiger partial charge in [-0.3, -0.25) is 14.4 Å². The fourth-order valence-corrected chi connectivity index (χ4v) is 4.68. The molecule has 1 aliphatic rings. The van der Waals surface area contributed by atoms with E-state index in [1.807, 2.05) is 43.0 Å². The zero-order valence-electron chi connectivity index (χ0n) is 20.6. The van der Waals surface area contributed by atoms with Crippen LogP contribution in [0.5, 0.6) is 0 Å². The number of nitrogens with zero attached hydrogens (tertiary/aromatic N) is 3. The van der Waals surface area contributed by atoms with Gasteiger partial charge in [0.25, 0.3) is 0 Å². The Morgan fingerprint density at radius 2 is 1.51 bits per heavy atom. The van der Waals surface area contributed by atoms with E-state index in [9.17, 15) is 14.4 Å². The number of halogens is 2. The smallest absolute Gasteiger partial charge is 0.227 e. The maximum Gasteiger partial charge on any atom is 0.227 e. The maximum absolute atomic E-state index is 12.8. The molecule has 1 aliphatic heterocycles. The molecule has 0 aromatic heterocycles. The molecule has 3 rings (SSSR count). The van der Waals surface area contributed by atoms with Gasteiger partial charge in [0.05, 0.1) is 13.0 Å². The Morgan fingerprint density at radius 3 is 2.09 bits per heavy atom. The number of carbonyl (C=O) groups is 3. The van der Waals surface area contributed by atoms with Crippen LogP contribution in [0.25, 0.3) is 0 Å². The van der Waals surface area contributed by atoms with Crippen molar-refractivity contribution in [2.45, 2.75) is 33.1 Å². The van der Waals surface area contributed by atoms with Crippen molar-refractivity contribution in [2.75, 3.05) is 44.7 Å². The third-order valence-corrected chi connectivity index (χ3v) is 6.86. The number of Topliss-reactive ketones (excluding diaryl/α,β-unsaturated/α-hetero) is 1. The zero-order valence-corrected chi connectivity index (χ0v) is 22.1. The fraction of sp³-hybridized carbons (Fsp3) is 0.444. The summed E-state index contributed by atoms with van der Waals surface area (Å²) in [5, 5.41) is 1.02. The van der Waals surface area contributed by atoms with Crippen molar-refractivity contribution >= 4 is 46.5 Å².